The van der Waals surface area contributed by atoms with E-state index in [1.54, 1.807) is 11.3 Å². The van der Waals surface area contributed by atoms with Gasteiger partial charge in [0.05, 0.1) is 31.9 Å². The molecular weight excluding hydrogens is 410 g/mol. The highest BCUT2D eigenvalue weighted by atomic mass is 32.1. The third kappa shape index (κ3) is 4.55. The number of piperidine rings is 1. The molecule has 2 fully saturated rings. The van der Waals surface area contributed by atoms with Gasteiger partial charge in [-0.1, -0.05) is 13.0 Å². The maximum Gasteiger partial charge on any atom is 0.228 e. The average molecular weight is 442 g/mol. The van der Waals surface area contributed by atoms with Crippen molar-refractivity contribution in [1.29, 1.82) is 0 Å². The van der Waals surface area contributed by atoms with E-state index in [1.165, 1.54) is 12.8 Å². The second-order valence-electron chi connectivity index (χ2n) is 8.86. The van der Waals surface area contributed by atoms with E-state index in [9.17, 15) is 4.79 Å². The Morgan fingerprint density at radius 2 is 1.94 bits per heavy atom. The number of ether oxygens (including phenoxy) is 1. The van der Waals surface area contributed by atoms with Gasteiger partial charge in [-0.25, -0.2) is 4.98 Å². The van der Waals surface area contributed by atoms with Crippen LogP contribution in [0.4, 0.5) is 11.8 Å². The first-order chi connectivity index (χ1) is 15.2. The SMILES string of the molecule is CC1CCN(c2nc(N3CCOCC3)nc3c2CN(C(=O)Cc2cccs2)CC3)CC1. The van der Waals surface area contributed by atoms with Crippen LogP contribution in [-0.4, -0.2) is 66.7 Å². The van der Waals surface area contributed by atoms with Gasteiger partial charge in [-0.3, -0.25) is 4.79 Å². The lowest BCUT2D eigenvalue weighted by Gasteiger charge is -2.37. The van der Waals surface area contributed by atoms with E-state index >= 15 is 0 Å². The highest BCUT2D eigenvalue weighted by molar-refractivity contribution is 7.10. The minimum absolute atomic E-state index is 0.198. The first-order valence-corrected chi connectivity index (χ1v) is 12.3. The van der Waals surface area contributed by atoms with Gasteiger partial charge in [-0.05, 0) is 30.2 Å². The topological polar surface area (TPSA) is 61.8 Å². The minimum Gasteiger partial charge on any atom is -0.378 e. The molecule has 0 spiro atoms. The molecule has 3 aliphatic heterocycles. The molecule has 7 nitrogen and oxygen atoms in total. The van der Waals surface area contributed by atoms with Crippen LogP contribution in [-0.2, 0) is 28.9 Å². The van der Waals surface area contributed by atoms with Gasteiger partial charge in [0.2, 0.25) is 11.9 Å². The fourth-order valence-electron chi connectivity index (χ4n) is 4.66. The number of amides is 1. The molecule has 0 unspecified atom stereocenters. The number of aromatic nitrogens is 2. The number of morpholine rings is 1. The Hall–Kier alpha value is -2.19. The van der Waals surface area contributed by atoms with Crippen LogP contribution in [0.15, 0.2) is 17.5 Å². The predicted octanol–water partition coefficient (Wildman–Crippen LogP) is 2.74. The van der Waals surface area contributed by atoms with Gasteiger partial charge >= 0.3 is 0 Å². The maximum absolute atomic E-state index is 13.0. The molecule has 2 saturated heterocycles. The molecule has 0 aromatic carbocycles. The summed E-state index contributed by atoms with van der Waals surface area (Å²) in [6, 6.07) is 4.05. The zero-order valence-electron chi connectivity index (χ0n) is 18.3. The summed E-state index contributed by atoms with van der Waals surface area (Å²) < 4.78 is 5.52. The highest BCUT2D eigenvalue weighted by Crippen LogP contribution is 2.32. The third-order valence-corrected chi connectivity index (χ3v) is 7.54. The van der Waals surface area contributed by atoms with Gasteiger partial charge in [-0.15, -0.1) is 11.3 Å². The fraction of sp³-hybridized carbons (Fsp3) is 0.609. The zero-order valence-corrected chi connectivity index (χ0v) is 19.1. The quantitative estimate of drug-likeness (QED) is 0.727. The highest BCUT2D eigenvalue weighted by Gasteiger charge is 2.30. The number of hydrogen-bond acceptors (Lipinski definition) is 7. The molecular formula is C23H31N5O2S. The minimum atomic E-state index is 0.198. The van der Waals surface area contributed by atoms with Crippen LogP contribution in [0.3, 0.4) is 0 Å². The van der Waals surface area contributed by atoms with Crippen LogP contribution in [0.5, 0.6) is 0 Å². The Labute approximate surface area is 188 Å². The average Bonchev–Trinajstić information content (AvgIpc) is 3.32. The molecule has 31 heavy (non-hydrogen) atoms. The number of rotatable bonds is 4. The number of anilines is 2. The largest absolute Gasteiger partial charge is 0.378 e. The van der Waals surface area contributed by atoms with Crippen LogP contribution in [0, 0.1) is 5.92 Å². The van der Waals surface area contributed by atoms with Gasteiger partial charge in [0.1, 0.15) is 5.82 Å². The summed E-state index contributed by atoms with van der Waals surface area (Å²) in [7, 11) is 0. The standard InChI is InChI=1S/C23H31N5O2S/c1-17-4-7-26(8-5-17)22-19-16-28(21(29)15-18-3-2-14-31-18)9-6-20(19)24-23(25-22)27-10-12-30-13-11-27/h2-3,14,17H,4-13,15-16H2,1H3. The van der Waals surface area contributed by atoms with E-state index in [0.29, 0.717) is 13.0 Å². The van der Waals surface area contributed by atoms with E-state index in [4.69, 9.17) is 14.7 Å². The summed E-state index contributed by atoms with van der Waals surface area (Å²) in [4.78, 5) is 30.8. The molecule has 0 bridgehead atoms. The summed E-state index contributed by atoms with van der Waals surface area (Å²) in [5, 5.41) is 2.03. The first-order valence-electron chi connectivity index (χ1n) is 11.4. The molecule has 0 atom stereocenters. The third-order valence-electron chi connectivity index (χ3n) is 6.66. The first kappa shape index (κ1) is 20.7. The number of hydrogen-bond donors (Lipinski definition) is 0. The lowest BCUT2D eigenvalue weighted by atomic mass is 9.98. The van der Waals surface area contributed by atoms with Crippen LogP contribution in [0.2, 0.25) is 0 Å². The monoisotopic (exact) mass is 441 g/mol. The van der Waals surface area contributed by atoms with Crippen molar-refractivity contribution >= 4 is 29.0 Å². The zero-order chi connectivity index (χ0) is 21.2. The van der Waals surface area contributed by atoms with Crippen molar-refractivity contribution in [2.75, 3.05) is 55.7 Å². The van der Waals surface area contributed by atoms with Crippen LogP contribution in [0.25, 0.3) is 0 Å². The Morgan fingerprint density at radius 1 is 1.13 bits per heavy atom. The van der Waals surface area contributed by atoms with E-state index < -0.39 is 0 Å². The Balaban J connectivity index is 1.42. The fourth-order valence-corrected chi connectivity index (χ4v) is 5.35. The second kappa shape index (κ2) is 9.12. The molecule has 8 heteroatoms. The molecule has 3 aliphatic rings. The molecule has 0 saturated carbocycles. The van der Waals surface area contributed by atoms with E-state index in [0.717, 1.165) is 86.2 Å². The van der Waals surface area contributed by atoms with Gasteiger partial charge < -0.3 is 19.4 Å². The number of carbonyl (C=O) groups is 1. The summed E-state index contributed by atoms with van der Waals surface area (Å²) in [5.41, 5.74) is 2.27. The summed E-state index contributed by atoms with van der Waals surface area (Å²) in [5.74, 6) is 2.83. The van der Waals surface area contributed by atoms with E-state index in [-0.39, 0.29) is 5.91 Å². The van der Waals surface area contributed by atoms with Crippen molar-refractivity contribution in [1.82, 2.24) is 14.9 Å². The van der Waals surface area contributed by atoms with Gasteiger partial charge in [0.25, 0.3) is 0 Å². The molecule has 2 aromatic rings. The van der Waals surface area contributed by atoms with E-state index in [1.807, 2.05) is 22.4 Å². The Morgan fingerprint density at radius 3 is 2.68 bits per heavy atom. The van der Waals surface area contributed by atoms with Crippen molar-refractivity contribution in [2.24, 2.45) is 5.92 Å². The van der Waals surface area contributed by atoms with Crippen LogP contribution < -0.4 is 9.80 Å². The smallest absolute Gasteiger partial charge is 0.228 e. The summed E-state index contributed by atoms with van der Waals surface area (Å²) >= 11 is 1.65. The Bertz CT molecular complexity index is 905. The molecule has 0 N–H and O–H groups in total. The molecule has 0 radical (unpaired) electrons. The molecule has 5 heterocycles. The predicted molar refractivity (Wildman–Crippen MR) is 123 cm³/mol. The number of thiophene rings is 1. The lowest BCUT2D eigenvalue weighted by Crippen LogP contribution is -2.42. The molecule has 0 aliphatic carbocycles. The second-order valence-corrected chi connectivity index (χ2v) is 9.90. The van der Waals surface area contributed by atoms with Gasteiger partial charge in [0.15, 0.2) is 0 Å². The van der Waals surface area contributed by atoms with Crippen molar-refractivity contribution in [2.45, 2.75) is 39.2 Å². The molecule has 166 valence electrons. The Kier molecular flexibility index (Phi) is 6.09. The molecule has 1 amide bonds. The number of nitrogens with zero attached hydrogens (tertiary/aromatic N) is 5. The lowest BCUT2D eigenvalue weighted by molar-refractivity contribution is -0.131. The van der Waals surface area contributed by atoms with Crippen molar-refractivity contribution in [3.63, 3.8) is 0 Å². The van der Waals surface area contributed by atoms with Crippen molar-refractivity contribution in [3.8, 4) is 0 Å². The van der Waals surface area contributed by atoms with Crippen molar-refractivity contribution in [3.05, 3.63) is 33.6 Å². The number of fused-ring (bicyclic) bond motifs is 1. The van der Waals surface area contributed by atoms with Gasteiger partial charge in [-0.2, -0.15) is 4.98 Å². The van der Waals surface area contributed by atoms with Crippen LogP contribution >= 0.6 is 11.3 Å². The normalized spacial score (nSPS) is 20.1. The summed E-state index contributed by atoms with van der Waals surface area (Å²) in [6.45, 7) is 8.84. The van der Waals surface area contributed by atoms with Gasteiger partial charge in [0, 0.05) is 49.6 Å². The van der Waals surface area contributed by atoms with E-state index in [2.05, 4.69) is 16.7 Å². The molecule has 5 rings (SSSR count). The maximum atomic E-state index is 13.0. The van der Waals surface area contributed by atoms with Crippen molar-refractivity contribution < 1.29 is 9.53 Å². The molecule has 2 aromatic heterocycles. The summed E-state index contributed by atoms with van der Waals surface area (Å²) in [6.07, 6.45) is 3.65. The van der Waals surface area contributed by atoms with Crippen LogP contribution in [0.1, 0.15) is 35.9 Å². The number of carbonyl (C=O) groups excluding carboxylic acids is 1.